The highest BCUT2D eigenvalue weighted by Gasteiger charge is 2.25. The summed E-state index contributed by atoms with van der Waals surface area (Å²) in [6, 6.07) is -2.02. The highest BCUT2D eigenvalue weighted by Crippen LogP contribution is 2.06. The van der Waals surface area contributed by atoms with Gasteiger partial charge in [0.05, 0.1) is 25.4 Å². The minimum atomic E-state index is -1.21. The van der Waals surface area contributed by atoms with Crippen LogP contribution < -0.4 is 21.7 Å². The van der Waals surface area contributed by atoms with Crippen molar-refractivity contribution < 1.29 is 48.8 Å². The van der Waals surface area contributed by atoms with E-state index >= 15 is 0 Å². The summed E-state index contributed by atoms with van der Waals surface area (Å²) in [4.78, 5) is 58.3. The van der Waals surface area contributed by atoms with Gasteiger partial charge in [-0.3, -0.25) is 29.7 Å². The van der Waals surface area contributed by atoms with Crippen molar-refractivity contribution in [3.63, 3.8) is 0 Å². The van der Waals surface area contributed by atoms with Gasteiger partial charge in [-0.05, 0) is 25.7 Å². The number of nitrogens with one attached hydrogen (secondary N) is 3. The van der Waals surface area contributed by atoms with E-state index in [9.17, 15) is 34.2 Å². The van der Waals surface area contributed by atoms with Gasteiger partial charge in [0.1, 0.15) is 12.6 Å². The molecule has 0 bridgehead atoms. The van der Waals surface area contributed by atoms with Crippen LogP contribution in [0.3, 0.4) is 0 Å². The molecule has 0 saturated carbocycles. The molecule has 0 unspecified atom stereocenters. The predicted molar refractivity (Wildman–Crippen MR) is 176 cm³/mol. The molecule has 2 amide bonds. The van der Waals surface area contributed by atoms with E-state index in [1.54, 1.807) is 36.5 Å². The zero-order chi connectivity index (χ0) is 35.3. The first kappa shape index (κ1) is 42.6. The number of hydrogen-bond acceptors (Lipinski definition) is 11. The fourth-order valence-electron chi connectivity index (χ4n) is 3.66. The fraction of sp³-hybridized carbons (Fsp3) is 0.485. The monoisotopic (exact) mass is 662 g/mol. The molecule has 47 heavy (non-hydrogen) atoms. The molecule has 8 N–H and O–H groups in total. The van der Waals surface area contributed by atoms with E-state index in [-0.39, 0.29) is 38.7 Å². The van der Waals surface area contributed by atoms with Crippen molar-refractivity contribution in [3.8, 4) is 0 Å². The lowest BCUT2D eigenvalue weighted by Crippen LogP contribution is -2.55. The third kappa shape index (κ3) is 24.5. The standard InChI is InChI=1S/C33H50N4O10/c1-3-4-12-15-25(39)16-13-10-8-6-5-7-9-11-14-17-26(28(40)18-21-31(42)43)35-22-27(33(45)36-23-32(44)46-2)37-30(41)20-19-29(34)47-24-38/h4-5,7-14,16-17,24-29,35,39-40H,3,6,15,18-23,34H2,1-2H3,(H,36,45)(H,37,41)(H,42,43)/b7-5-,10-8-,11-9+,12-4-,16-13+,17-14+/t25-,26+,27-,28-,29+/m0/s1. The van der Waals surface area contributed by atoms with Crippen molar-refractivity contribution in [1.29, 1.82) is 0 Å². The molecule has 0 radical (unpaired) electrons. The maximum Gasteiger partial charge on any atom is 0.325 e. The number of rotatable bonds is 26. The third-order valence-electron chi connectivity index (χ3n) is 6.22. The average Bonchev–Trinajstić information content (AvgIpc) is 3.04. The van der Waals surface area contributed by atoms with E-state index in [1.165, 1.54) is 0 Å². The number of nitrogens with two attached hydrogens (primary N) is 1. The topological polar surface area (TPSA) is 227 Å². The quantitative estimate of drug-likeness (QED) is 0.0227. The van der Waals surface area contributed by atoms with Crippen LogP contribution in [0.1, 0.15) is 51.9 Å². The molecule has 0 aromatic carbocycles. The van der Waals surface area contributed by atoms with Gasteiger partial charge in [0.2, 0.25) is 11.8 Å². The van der Waals surface area contributed by atoms with Gasteiger partial charge in [0.25, 0.3) is 6.47 Å². The zero-order valence-electron chi connectivity index (χ0n) is 27.0. The molecule has 262 valence electrons. The largest absolute Gasteiger partial charge is 0.481 e. The lowest BCUT2D eigenvalue weighted by Gasteiger charge is -2.25. The maximum absolute atomic E-state index is 12.8. The Morgan fingerprint density at radius 2 is 1.57 bits per heavy atom. The van der Waals surface area contributed by atoms with Crippen LogP contribution in [0.15, 0.2) is 72.9 Å². The minimum absolute atomic E-state index is 0.0107. The highest BCUT2D eigenvalue weighted by atomic mass is 16.5. The third-order valence-corrected chi connectivity index (χ3v) is 6.22. The van der Waals surface area contributed by atoms with Gasteiger partial charge in [0, 0.05) is 25.8 Å². The summed E-state index contributed by atoms with van der Waals surface area (Å²) >= 11 is 0. The second-order valence-electron chi connectivity index (χ2n) is 10.1. The summed E-state index contributed by atoms with van der Waals surface area (Å²) in [5.41, 5.74) is 5.56. The Morgan fingerprint density at radius 1 is 0.894 bits per heavy atom. The van der Waals surface area contributed by atoms with Crippen molar-refractivity contribution in [2.24, 2.45) is 5.73 Å². The normalized spacial score (nSPS) is 15.3. The molecule has 0 aliphatic rings. The maximum atomic E-state index is 12.8. The number of esters is 1. The van der Waals surface area contributed by atoms with E-state index in [0.717, 1.165) is 13.5 Å². The number of carboxylic acids is 1. The average molecular weight is 663 g/mol. The Hall–Kier alpha value is -4.37. The molecular weight excluding hydrogens is 612 g/mol. The lowest BCUT2D eigenvalue weighted by molar-refractivity contribution is -0.141. The van der Waals surface area contributed by atoms with Gasteiger partial charge in [-0.25, -0.2) is 0 Å². The smallest absolute Gasteiger partial charge is 0.325 e. The first-order valence-electron chi connectivity index (χ1n) is 15.3. The van der Waals surface area contributed by atoms with E-state index in [0.29, 0.717) is 12.8 Å². The zero-order valence-corrected chi connectivity index (χ0v) is 27.0. The van der Waals surface area contributed by atoms with Crippen molar-refractivity contribution in [2.45, 2.75) is 82.4 Å². The van der Waals surface area contributed by atoms with Crippen molar-refractivity contribution in [1.82, 2.24) is 16.0 Å². The van der Waals surface area contributed by atoms with E-state index in [1.807, 2.05) is 43.4 Å². The van der Waals surface area contributed by atoms with Crippen LogP contribution in [-0.4, -0.2) is 96.3 Å². The summed E-state index contributed by atoms with van der Waals surface area (Å²) in [5, 5.41) is 37.4. The number of carbonyl (C=O) groups is 5. The van der Waals surface area contributed by atoms with E-state index < -0.39 is 60.8 Å². The molecule has 0 aromatic rings. The number of hydrogen-bond donors (Lipinski definition) is 7. The lowest BCUT2D eigenvalue weighted by atomic mass is 10.0. The summed E-state index contributed by atoms with van der Waals surface area (Å²) in [6.45, 7) is 1.54. The van der Waals surface area contributed by atoms with Gasteiger partial charge in [-0.15, -0.1) is 0 Å². The molecule has 14 heteroatoms. The first-order chi connectivity index (χ1) is 22.5. The number of carboxylic acid groups (broad SMARTS) is 1. The van der Waals surface area contributed by atoms with Crippen LogP contribution in [0.25, 0.3) is 0 Å². The Labute approximate surface area is 276 Å². The van der Waals surface area contributed by atoms with Gasteiger partial charge >= 0.3 is 11.9 Å². The molecule has 0 aliphatic heterocycles. The Bertz CT molecular complexity index is 1120. The molecule has 0 saturated heterocycles. The van der Waals surface area contributed by atoms with Gasteiger partial charge in [-0.1, -0.05) is 79.8 Å². The number of amides is 2. The van der Waals surface area contributed by atoms with E-state index in [2.05, 4.69) is 25.4 Å². The van der Waals surface area contributed by atoms with Crippen LogP contribution in [0.4, 0.5) is 0 Å². The number of aliphatic hydroxyl groups is 2. The Kier molecular flexibility index (Phi) is 25.3. The van der Waals surface area contributed by atoms with Crippen molar-refractivity contribution >= 4 is 30.2 Å². The predicted octanol–water partition coefficient (Wildman–Crippen LogP) is 1.07. The molecule has 0 heterocycles. The van der Waals surface area contributed by atoms with Crippen LogP contribution in [0.2, 0.25) is 0 Å². The van der Waals surface area contributed by atoms with Crippen LogP contribution >= 0.6 is 0 Å². The first-order valence-corrected chi connectivity index (χ1v) is 15.3. The number of aliphatic carboxylic acids is 1. The number of methoxy groups -OCH3 is 1. The molecule has 0 rings (SSSR count). The molecule has 0 spiro atoms. The van der Waals surface area contributed by atoms with Gasteiger partial charge in [-0.2, -0.15) is 0 Å². The second kappa shape index (κ2) is 27.9. The van der Waals surface area contributed by atoms with E-state index in [4.69, 9.17) is 10.8 Å². The molecular formula is C33H50N4O10. The minimum Gasteiger partial charge on any atom is -0.481 e. The number of aliphatic hydroxyl groups excluding tert-OH is 2. The molecule has 0 fully saturated rings. The van der Waals surface area contributed by atoms with Crippen LogP contribution in [-0.2, 0) is 33.4 Å². The van der Waals surface area contributed by atoms with Crippen LogP contribution in [0, 0.1) is 0 Å². The number of ether oxygens (including phenoxy) is 2. The molecule has 5 atom stereocenters. The Balaban J connectivity index is 5.36. The van der Waals surface area contributed by atoms with Crippen molar-refractivity contribution in [2.75, 3.05) is 20.2 Å². The summed E-state index contributed by atoms with van der Waals surface area (Å²) in [6.07, 6.45) is 20.5. The summed E-state index contributed by atoms with van der Waals surface area (Å²) < 4.78 is 9.07. The fourth-order valence-corrected chi connectivity index (χ4v) is 3.66. The summed E-state index contributed by atoms with van der Waals surface area (Å²) in [5.74, 6) is -3.11. The highest BCUT2D eigenvalue weighted by molar-refractivity contribution is 5.89. The van der Waals surface area contributed by atoms with Gasteiger partial charge in [0.15, 0.2) is 6.23 Å². The summed E-state index contributed by atoms with van der Waals surface area (Å²) in [7, 11) is 1.15. The number of allylic oxidation sites excluding steroid dienone is 9. The second-order valence-corrected chi connectivity index (χ2v) is 10.1. The Morgan fingerprint density at radius 3 is 2.23 bits per heavy atom. The SMILES string of the molecule is CC/C=C\C[C@H](O)/C=C/C=C\C\C=C/C=C/C=C/[C@@H](NC[C@H](NC(=O)CC[C@H](N)OC=O)C(=O)NCC(=O)OC)[C@@H](O)CCC(=O)O. The molecule has 14 nitrogen and oxygen atoms in total. The molecule has 0 aromatic heterocycles. The van der Waals surface area contributed by atoms with Crippen LogP contribution in [0.5, 0.6) is 0 Å². The molecule has 0 aliphatic carbocycles. The number of carbonyl (C=O) groups excluding carboxylic acids is 4. The van der Waals surface area contributed by atoms with Crippen molar-refractivity contribution in [3.05, 3.63) is 72.9 Å². The van der Waals surface area contributed by atoms with Gasteiger partial charge < -0.3 is 40.7 Å².